The molecule has 0 aliphatic carbocycles. The number of nitrogens with zero attached hydrogens (tertiary/aromatic N) is 1. The van der Waals surface area contributed by atoms with Crippen LogP contribution in [-0.2, 0) is 4.79 Å². The second-order valence-electron chi connectivity index (χ2n) is 6.38. The van der Waals surface area contributed by atoms with Gasteiger partial charge in [0.25, 0.3) is 0 Å². The molecule has 1 rings (SSSR count). The smallest absolute Gasteiger partial charge is 0.222 e. The molecule has 1 atom stereocenters. The molecule has 0 radical (unpaired) electrons. The average molecular weight is 332 g/mol. The van der Waals surface area contributed by atoms with Crippen molar-refractivity contribution in [2.24, 2.45) is 11.3 Å². The van der Waals surface area contributed by atoms with E-state index in [4.69, 9.17) is 0 Å². The fourth-order valence-corrected chi connectivity index (χ4v) is 4.00. The monoisotopic (exact) mass is 331 g/mol. The Morgan fingerprint density at radius 1 is 1.26 bits per heavy atom. The minimum absolute atomic E-state index is 0.284. The van der Waals surface area contributed by atoms with E-state index in [2.05, 4.69) is 41.6 Å². The number of hydrogen-bond donors (Lipinski definition) is 0. The summed E-state index contributed by atoms with van der Waals surface area (Å²) in [7, 11) is 0. The molecule has 1 fully saturated rings. The summed E-state index contributed by atoms with van der Waals surface area (Å²) in [5, 5.41) is 1.01. The molecule has 0 aromatic heterocycles. The molecule has 1 unspecified atom stereocenters. The van der Waals surface area contributed by atoms with Gasteiger partial charge in [0.1, 0.15) is 0 Å². The topological polar surface area (TPSA) is 20.3 Å². The summed E-state index contributed by atoms with van der Waals surface area (Å²) in [6.45, 7) is 8.68. The van der Waals surface area contributed by atoms with Gasteiger partial charge in [-0.05, 0) is 37.0 Å². The van der Waals surface area contributed by atoms with E-state index in [-0.39, 0.29) is 5.41 Å². The van der Waals surface area contributed by atoms with Crippen molar-refractivity contribution >= 4 is 21.8 Å². The van der Waals surface area contributed by atoms with E-state index in [0.717, 1.165) is 31.3 Å². The Kier molecular flexibility index (Phi) is 7.41. The molecule has 1 aliphatic rings. The molecule has 1 heterocycles. The molecule has 0 bridgehead atoms. The maximum atomic E-state index is 12.3. The first-order valence-corrected chi connectivity index (χ1v) is 9.02. The van der Waals surface area contributed by atoms with Crippen molar-refractivity contribution in [2.75, 3.05) is 18.4 Å². The van der Waals surface area contributed by atoms with Crippen LogP contribution in [0.2, 0.25) is 0 Å². The first kappa shape index (κ1) is 17.0. The van der Waals surface area contributed by atoms with Crippen LogP contribution in [-0.4, -0.2) is 29.2 Å². The maximum absolute atomic E-state index is 12.3. The SMILES string of the molecule is CCCC(CBr)(CCC)CN1CCC(C)CCC1=O. The van der Waals surface area contributed by atoms with Crippen LogP contribution < -0.4 is 0 Å². The number of halogens is 1. The Hall–Kier alpha value is -0.0500. The van der Waals surface area contributed by atoms with Crippen molar-refractivity contribution in [3.05, 3.63) is 0 Å². The van der Waals surface area contributed by atoms with Crippen LogP contribution in [0.15, 0.2) is 0 Å². The Morgan fingerprint density at radius 2 is 1.89 bits per heavy atom. The highest BCUT2D eigenvalue weighted by Crippen LogP contribution is 2.34. The zero-order valence-electron chi connectivity index (χ0n) is 12.9. The van der Waals surface area contributed by atoms with Crippen molar-refractivity contribution in [2.45, 2.75) is 65.7 Å². The van der Waals surface area contributed by atoms with Crippen LogP contribution >= 0.6 is 15.9 Å². The van der Waals surface area contributed by atoms with Gasteiger partial charge in [-0.1, -0.05) is 49.5 Å². The summed E-state index contributed by atoms with van der Waals surface area (Å²) in [6.07, 6.45) is 7.81. The molecular formula is C16H30BrNO. The minimum Gasteiger partial charge on any atom is -0.342 e. The second kappa shape index (κ2) is 8.28. The van der Waals surface area contributed by atoms with Gasteiger partial charge in [0.2, 0.25) is 5.91 Å². The molecule has 1 saturated heterocycles. The number of rotatable bonds is 7. The molecular weight excluding hydrogens is 302 g/mol. The van der Waals surface area contributed by atoms with E-state index in [1.807, 2.05) is 0 Å². The molecule has 1 aliphatic heterocycles. The standard InChI is InChI=1S/C16H30BrNO/c1-4-9-16(12-17,10-5-2)13-18-11-8-14(3)6-7-15(18)19/h14H,4-13H2,1-3H3. The first-order valence-electron chi connectivity index (χ1n) is 7.90. The lowest BCUT2D eigenvalue weighted by molar-refractivity contribution is -0.132. The lowest BCUT2D eigenvalue weighted by Crippen LogP contribution is -2.42. The van der Waals surface area contributed by atoms with Crippen LogP contribution in [0.4, 0.5) is 0 Å². The molecule has 19 heavy (non-hydrogen) atoms. The predicted molar refractivity (Wildman–Crippen MR) is 85.6 cm³/mol. The van der Waals surface area contributed by atoms with Crippen molar-refractivity contribution in [1.82, 2.24) is 4.90 Å². The Bertz CT molecular complexity index is 274. The lowest BCUT2D eigenvalue weighted by atomic mass is 9.80. The normalized spacial score (nSPS) is 21.6. The van der Waals surface area contributed by atoms with Crippen LogP contribution in [0.1, 0.15) is 65.7 Å². The fourth-order valence-electron chi connectivity index (χ4n) is 3.27. The summed E-state index contributed by atoms with van der Waals surface area (Å²) < 4.78 is 0. The van der Waals surface area contributed by atoms with Crippen molar-refractivity contribution < 1.29 is 4.79 Å². The highest BCUT2D eigenvalue weighted by molar-refractivity contribution is 9.09. The molecule has 112 valence electrons. The molecule has 1 amide bonds. The van der Waals surface area contributed by atoms with Gasteiger partial charge in [0, 0.05) is 24.8 Å². The molecule has 0 aromatic carbocycles. The lowest BCUT2D eigenvalue weighted by Gasteiger charge is -2.37. The summed E-state index contributed by atoms with van der Waals surface area (Å²) in [4.78, 5) is 14.4. The van der Waals surface area contributed by atoms with Crippen LogP contribution in [0, 0.1) is 11.3 Å². The largest absolute Gasteiger partial charge is 0.342 e. The zero-order valence-corrected chi connectivity index (χ0v) is 14.5. The van der Waals surface area contributed by atoms with E-state index < -0.39 is 0 Å². The number of carbonyl (C=O) groups is 1. The van der Waals surface area contributed by atoms with Gasteiger partial charge in [-0.15, -0.1) is 0 Å². The van der Waals surface area contributed by atoms with E-state index >= 15 is 0 Å². The van der Waals surface area contributed by atoms with Crippen molar-refractivity contribution in [3.63, 3.8) is 0 Å². The van der Waals surface area contributed by atoms with Crippen molar-refractivity contribution in [1.29, 1.82) is 0 Å². The number of hydrogen-bond acceptors (Lipinski definition) is 1. The van der Waals surface area contributed by atoms with Crippen LogP contribution in [0.25, 0.3) is 0 Å². The molecule has 0 aromatic rings. The number of amides is 1. The molecule has 2 nitrogen and oxygen atoms in total. The number of likely N-dealkylation sites (tertiary alicyclic amines) is 1. The molecule has 0 spiro atoms. The third-order valence-corrected chi connectivity index (χ3v) is 5.66. The second-order valence-corrected chi connectivity index (χ2v) is 6.94. The number of carbonyl (C=O) groups excluding carboxylic acids is 1. The minimum atomic E-state index is 0.284. The highest BCUT2D eigenvalue weighted by Gasteiger charge is 2.32. The van der Waals surface area contributed by atoms with Crippen LogP contribution in [0.3, 0.4) is 0 Å². The van der Waals surface area contributed by atoms with E-state index in [1.165, 1.54) is 32.1 Å². The maximum Gasteiger partial charge on any atom is 0.222 e. The summed E-state index contributed by atoms with van der Waals surface area (Å²) >= 11 is 3.72. The highest BCUT2D eigenvalue weighted by atomic mass is 79.9. The quantitative estimate of drug-likeness (QED) is 0.623. The number of alkyl halides is 1. The van der Waals surface area contributed by atoms with Gasteiger partial charge in [0.05, 0.1) is 0 Å². The van der Waals surface area contributed by atoms with Crippen molar-refractivity contribution in [3.8, 4) is 0 Å². The van der Waals surface area contributed by atoms with Gasteiger partial charge in [-0.3, -0.25) is 4.79 Å². The summed E-state index contributed by atoms with van der Waals surface area (Å²) in [6, 6.07) is 0. The zero-order chi connectivity index (χ0) is 14.3. The van der Waals surface area contributed by atoms with Crippen LogP contribution in [0.5, 0.6) is 0 Å². The Morgan fingerprint density at radius 3 is 2.42 bits per heavy atom. The third kappa shape index (κ3) is 5.09. The first-order chi connectivity index (χ1) is 9.06. The molecule has 0 saturated carbocycles. The summed E-state index contributed by atoms with van der Waals surface area (Å²) in [5.41, 5.74) is 0.284. The average Bonchev–Trinajstić information content (AvgIpc) is 2.54. The fraction of sp³-hybridized carbons (Fsp3) is 0.938. The van der Waals surface area contributed by atoms with E-state index in [0.29, 0.717) is 11.8 Å². The van der Waals surface area contributed by atoms with Gasteiger partial charge in [-0.2, -0.15) is 0 Å². The molecule has 3 heteroatoms. The van der Waals surface area contributed by atoms with Gasteiger partial charge in [0.15, 0.2) is 0 Å². The van der Waals surface area contributed by atoms with Gasteiger partial charge in [-0.25, -0.2) is 0 Å². The van der Waals surface area contributed by atoms with Gasteiger partial charge >= 0.3 is 0 Å². The van der Waals surface area contributed by atoms with E-state index in [1.54, 1.807) is 0 Å². The Balaban J connectivity index is 2.73. The Labute approximate surface area is 127 Å². The third-order valence-electron chi connectivity index (χ3n) is 4.47. The predicted octanol–water partition coefficient (Wildman–Crippen LogP) is 4.62. The summed E-state index contributed by atoms with van der Waals surface area (Å²) in [5.74, 6) is 1.08. The molecule has 0 N–H and O–H groups in total. The van der Waals surface area contributed by atoms with Gasteiger partial charge < -0.3 is 4.90 Å². The van der Waals surface area contributed by atoms with E-state index in [9.17, 15) is 4.79 Å².